The van der Waals surface area contributed by atoms with Crippen molar-refractivity contribution in [1.29, 1.82) is 5.26 Å². The molecule has 2 saturated heterocycles. The molecule has 0 spiro atoms. The Kier molecular flexibility index (Phi) is 29.5. The van der Waals surface area contributed by atoms with Gasteiger partial charge in [0.2, 0.25) is 11.8 Å². The molecular weight excluding hydrogens is 1550 g/mol. The summed E-state index contributed by atoms with van der Waals surface area (Å²) in [6.45, 7) is 13.0. The lowest BCUT2D eigenvalue weighted by Gasteiger charge is -2.37. The average molecular weight is 1660 g/mol. The molecule has 0 bridgehead atoms. The number of benzene rings is 6. The first-order chi connectivity index (χ1) is 57.8. The summed E-state index contributed by atoms with van der Waals surface area (Å²) in [6.07, 6.45) is 8.35. The number of carbonyl (C=O) groups is 4. The minimum absolute atomic E-state index is 0.0132. The number of nitrogens with zero attached hydrogens (tertiary/aromatic N) is 11. The molecule has 0 radical (unpaired) electrons. The zero-order valence-corrected chi connectivity index (χ0v) is 69.9. The smallest absolute Gasteiger partial charge is 0.409 e. The van der Waals surface area contributed by atoms with E-state index in [1.807, 2.05) is 103 Å². The molecular formula is C88H100N14O15P2. The number of hydrogen-bond donors (Lipinski definition) is 3. The van der Waals surface area contributed by atoms with Crippen LogP contribution in [0.15, 0.2) is 177 Å². The second-order valence-electron chi connectivity index (χ2n) is 30.0. The van der Waals surface area contributed by atoms with E-state index in [0.29, 0.717) is 65.6 Å². The molecule has 31 heteroatoms. The molecule has 6 heterocycles. The quantitative estimate of drug-likeness (QED) is 0.0139. The summed E-state index contributed by atoms with van der Waals surface area (Å²) < 4.78 is 79.0. The van der Waals surface area contributed by atoms with E-state index in [1.54, 1.807) is 67.3 Å². The van der Waals surface area contributed by atoms with Gasteiger partial charge in [-0.2, -0.15) is 5.26 Å². The van der Waals surface area contributed by atoms with Crippen molar-refractivity contribution in [1.82, 2.24) is 53.9 Å². The third-order valence-electron chi connectivity index (χ3n) is 20.9. The van der Waals surface area contributed by atoms with Gasteiger partial charge in [-0.05, 0) is 127 Å². The highest BCUT2D eigenvalue weighted by atomic mass is 31.2. The Hall–Kier alpha value is -10.8. The highest BCUT2D eigenvalue weighted by Gasteiger charge is 2.47. The third-order valence-corrected chi connectivity index (χ3v) is 24.3. The number of nitriles is 1. The summed E-state index contributed by atoms with van der Waals surface area (Å²) >= 11 is 0. The van der Waals surface area contributed by atoms with Gasteiger partial charge in [-0.15, -0.1) is 12.3 Å². The maximum absolute atomic E-state index is 14.0. The van der Waals surface area contributed by atoms with Gasteiger partial charge in [0.15, 0.2) is 34.0 Å². The standard InChI is InChI=1S/C88H100N14O15P2/c1-11-12-45-111-118(102(58(4)5)59(6)7)116-72-47-78(100-55-95-80-82(91-53-93-84(80)100)97-77(104)28-20-44-99(8)87(106)109-50-71-69-26-18-16-24-67(69)68-25-17-19-27-70(68)71)115-75(72)52-113-119(112-46-21-43-89)117-73-48-79(101-56-96-81-83(92-54-94-85(81)101)98-86(105)61-32-30-60(31-33-61)49-90-76(103)42-29-57(2)3)114-74(73)51-110-88(62-22-14-13-15-23-62,63-34-38-65(107-9)39-35-63)64-36-40-66(108-10)41-37-64/h1,13-19,22-27,30-41,53-59,71-75,78-79H,12,20-21,28-29,42,44-52H2,2-10H3,(H,90,103)(H,91,93,97,104)(H,92,94,98,105)/t72?,73?,74-,75-,78-,79-,118?,119?/m1/s1. The van der Waals surface area contributed by atoms with Crippen LogP contribution in [0.2, 0.25) is 0 Å². The fourth-order valence-electron chi connectivity index (χ4n) is 14.9. The highest BCUT2D eigenvalue weighted by molar-refractivity contribution is 7.44. The molecule has 1 aliphatic carbocycles. The average Bonchev–Trinajstić information content (AvgIpc) is 1.73. The number of anilines is 2. The number of hydrogen-bond acceptors (Lipinski definition) is 23. The number of methoxy groups -OCH3 is 2. The van der Waals surface area contributed by atoms with E-state index < -0.39 is 71.6 Å². The molecule has 4 unspecified atom stereocenters. The maximum Gasteiger partial charge on any atom is 0.409 e. The molecule has 622 valence electrons. The first-order valence-electron chi connectivity index (χ1n) is 39.9. The molecule has 119 heavy (non-hydrogen) atoms. The number of carbonyl (C=O) groups excluding carboxylic acids is 4. The van der Waals surface area contributed by atoms with Crippen LogP contribution in [0, 0.1) is 29.6 Å². The van der Waals surface area contributed by atoms with E-state index in [4.69, 9.17) is 72.4 Å². The van der Waals surface area contributed by atoms with E-state index in [-0.39, 0.29) is 112 Å². The summed E-state index contributed by atoms with van der Waals surface area (Å²) in [5.41, 5.74) is 7.96. The van der Waals surface area contributed by atoms with Crippen molar-refractivity contribution in [2.24, 2.45) is 5.92 Å². The lowest BCUT2D eigenvalue weighted by molar-refractivity contribution is -0.121. The van der Waals surface area contributed by atoms with Crippen LogP contribution >= 0.6 is 17.1 Å². The second kappa shape index (κ2) is 40.8. The molecule has 2 aliphatic heterocycles. The number of amides is 4. The minimum Gasteiger partial charge on any atom is -0.497 e. The Balaban J connectivity index is 0.762. The summed E-state index contributed by atoms with van der Waals surface area (Å²) in [7, 11) is 0.651. The number of rotatable bonds is 40. The van der Waals surface area contributed by atoms with Crippen molar-refractivity contribution in [3.8, 4) is 41.0 Å². The van der Waals surface area contributed by atoms with Crippen LogP contribution in [0.1, 0.15) is 155 Å². The normalized spacial score (nSPS) is 17.6. The van der Waals surface area contributed by atoms with E-state index >= 15 is 0 Å². The fourth-order valence-corrected chi connectivity index (χ4v) is 17.8. The fraction of sp³-hybridized carbons (Fsp3) is 0.398. The molecule has 0 saturated carbocycles. The number of nitrogens with one attached hydrogen (secondary N) is 3. The zero-order chi connectivity index (χ0) is 83.5. The van der Waals surface area contributed by atoms with Crippen LogP contribution < -0.4 is 25.4 Å². The Morgan fingerprint density at radius 3 is 1.75 bits per heavy atom. The van der Waals surface area contributed by atoms with Crippen molar-refractivity contribution in [3.63, 3.8) is 0 Å². The van der Waals surface area contributed by atoms with Gasteiger partial charge in [-0.1, -0.05) is 129 Å². The summed E-state index contributed by atoms with van der Waals surface area (Å²) in [6, 6.07) is 50.6. The molecule has 13 rings (SSSR count). The highest BCUT2D eigenvalue weighted by Crippen LogP contribution is 2.53. The van der Waals surface area contributed by atoms with Crippen LogP contribution in [0.4, 0.5) is 16.4 Å². The summed E-state index contributed by atoms with van der Waals surface area (Å²) in [5, 5.41) is 18.8. The predicted octanol–water partition coefficient (Wildman–Crippen LogP) is 15.5. The monoisotopic (exact) mass is 1650 g/mol. The number of terminal acetylenes is 1. The molecule has 2 fully saturated rings. The Labute approximate surface area is 695 Å². The van der Waals surface area contributed by atoms with Crippen molar-refractivity contribution < 1.29 is 70.2 Å². The van der Waals surface area contributed by atoms with Crippen LogP contribution in [-0.2, 0) is 63.3 Å². The van der Waals surface area contributed by atoms with Crippen molar-refractivity contribution in [2.45, 2.75) is 160 Å². The van der Waals surface area contributed by atoms with Crippen LogP contribution in [0.25, 0.3) is 33.5 Å². The summed E-state index contributed by atoms with van der Waals surface area (Å²) in [4.78, 5) is 83.0. The topological polar surface area (TPSA) is 323 Å². The van der Waals surface area contributed by atoms with Crippen LogP contribution in [-0.4, -0.2) is 170 Å². The molecule has 10 aromatic rings. The minimum atomic E-state index is -2.41. The van der Waals surface area contributed by atoms with Gasteiger partial charge in [0.05, 0.1) is 78.0 Å². The Morgan fingerprint density at radius 1 is 0.622 bits per heavy atom. The van der Waals surface area contributed by atoms with Crippen LogP contribution in [0.5, 0.6) is 11.5 Å². The number of aromatic nitrogens is 8. The molecule has 8 atom stereocenters. The number of ether oxygens (including phenoxy) is 6. The van der Waals surface area contributed by atoms with E-state index in [0.717, 1.165) is 50.9 Å². The van der Waals surface area contributed by atoms with Crippen molar-refractivity contribution in [2.75, 3.05) is 71.5 Å². The van der Waals surface area contributed by atoms with Gasteiger partial charge >= 0.3 is 14.7 Å². The summed E-state index contributed by atoms with van der Waals surface area (Å²) in [5.74, 6) is 3.76. The predicted molar refractivity (Wildman–Crippen MR) is 449 cm³/mol. The molecule has 29 nitrogen and oxygen atoms in total. The Bertz CT molecular complexity index is 5070. The van der Waals surface area contributed by atoms with Crippen LogP contribution in [0.3, 0.4) is 0 Å². The Morgan fingerprint density at radius 2 is 1.18 bits per heavy atom. The lowest BCUT2D eigenvalue weighted by atomic mass is 9.80. The largest absolute Gasteiger partial charge is 0.497 e. The van der Waals surface area contributed by atoms with Gasteiger partial charge in [0, 0.05) is 75.8 Å². The first-order valence-corrected chi connectivity index (χ1v) is 42.2. The van der Waals surface area contributed by atoms with Gasteiger partial charge in [0.1, 0.15) is 61.0 Å². The van der Waals surface area contributed by atoms with Crippen molar-refractivity contribution in [3.05, 3.63) is 216 Å². The molecule has 3 N–H and O–H groups in total. The van der Waals surface area contributed by atoms with Gasteiger partial charge in [-0.3, -0.25) is 23.5 Å². The van der Waals surface area contributed by atoms with E-state index in [2.05, 4.69) is 113 Å². The molecule has 4 amide bonds. The molecule has 6 aromatic carbocycles. The SMILES string of the molecule is C#CCCOP(OC1C[C@H](n2cnc3c(NC(=O)CCCN(C)C(=O)OCC4c5ccccc5-c5ccccc54)ncnc32)O[C@@H]1COP(OCCC#N)OC1C[C@H](n2cnc3c(NC(=O)c4ccc(CNC(=O)CCC(C)C)cc4)ncnc32)O[C@@H]1COC(c1ccccc1)(c1ccc(OC)cc1)c1ccc(OC)cc1)N(C(C)C)C(C)C. The maximum atomic E-state index is 14.0. The number of fused-ring (bicyclic) bond motifs is 5. The third kappa shape index (κ3) is 20.8. The van der Waals surface area contributed by atoms with E-state index in [1.165, 1.54) is 17.6 Å². The van der Waals surface area contributed by atoms with E-state index in [9.17, 15) is 24.4 Å². The van der Waals surface area contributed by atoms with Gasteiger partial charge in [0.25, 0.3) is 14.4 Å². The van der Waals surface area contributed by atoms with Gasteiger partial charge in [-0.25, -0.2) is 39.4 Å². The first kappa shape index (κ1) is 86.1. The van der Waals surface area contributed by atoms with Gasteiger partial charge < -0.3 is 71.9 Å². The lowest BCUT2D eigenvalue weighted by Crippen LogP contribution is -2.38. The van der Waals surface area contributed by atoms with Crippen molar-refractivity contribution >= 4 is 74.9 Å². The zero-order valence-electron chi connectivity index (χ0n) is 68.1. The second-order valence-corrected chi connectivity index (χ2v) is 32.6. The number of imidazole rings is 2. The molecule has 3 aliphatic rings. The molecule has 4 aromatic heterocycles.